The summed E-state index contributed by atoms with van der Waals surface area (Å²) in [6.45, 7) is 0. The first-order valence-electron chi connectivity index (χ1n) is 4.26. The van der Waals surface area contributed by atoms with E-state index in [-0.39, 0.29) is 5.69 Å². The maximum absolute atomic E-state index is 12.7. The molecular formula is C10H6F3NO3. The fourth-order valence-electron chi connectivity index (χ4n) is 0.959. The molecule has 0 radical (unpaired) electrons. The number of aliphatic carboxylic acids is 1. The van der Waals surface area contributed by atoms with Crippen molar-refractivity contribution in [1.29, 1.82) is 0 Å². The van der Waals surface area contributed by atoms with Crippen LogP contribution in [0.1, 0.15) is 0 Å². The zero-order valence-corrected chi connectivity index (χ0v) is 8.21. The Morgan fingerprint density at radius 1 is 1.12 bits per heavy atom. The molecule has 0 aliphatic carbocycles. The zero-order valence-electron chi connectivity index (χ0n) is 8.21. The van der Waals surface area contributed by atoms with Crippen molar-refractivity contribution >= 4 is 17.6 Å². The van der Waals surface area contributed by atoms with Crippen LogP contribution in [0.2, 0.25) is 0 Å². The minimum Gasteiger partial charge on any atom is -0.478 e. The predicted molar refractivity (Wildman–Crippen MR) is 51.7 cm³/mol. The third-order valence-corrected chi connectivity index (χ3v) is 1.63. The quantitative estimate of drug-likeness (QED) is 0.629. The molecule has 2 N–H and O–H groups in total. The average molecular weight is 245 g/mol. The number of halogens is 3. The maximum Gasteiger partial charge on any atom is 0.328 e. The van der Waals surface area contributed by atoms with Crippen LogP contribution in [0.4, 0.5) is 18.9 Å². The molecule has 1 rings (SSSR count). The van der Waals surface area contributed by atoms with E-state index in [1.807, 2.05) is 5.32 Å². The van der Waals surface area contributed by atoms with Crippen molar-refractivity contribution < 1.29 is 27.9 Å². The van der Waals surface area contributed by atoms with Gasteiger partial charge in [-0.1, -0.05) is 0 Å². The Morgan fingerprint density at radius 2 is 1.65 bits per heavy atom. The molecule has 4 nitrogen and oxygen atoms in total. The molecule has 0 heterocycles. The van der Waals surface area contributed by atoms with Gasteiger partial charge >= 0.3 is 5.97 Å². The lowest BCUT2D eigenvalue weighted by molar-refractivity contribution is -0.131. The van der Waals surface area contributed by atoms with Gasteiger partial charge in [0.2, 0.25) is 5.91 Å². The van der Waals surface area contributed by atoms with Gasteiger partial charge in [-0.25, -0.2) is 18.0 Å². The van der Waals surface area contributed by atoms with Crippen molar-refractivity contribution in [2.24, 2.45) is 0 Å². The Morgan fingerprint density at radius 3 is 2.12 bits per heavy atom. The van der Waals surface area contributed by atoms with Crippen LogP contribution in [0, 0.1) is 17.5 Å². The highest BCUT2D eigenvalue weighted by atomic mass is 19.2. The highest BCUT2D eigenvalue weighted by molar-refractivity contribution is 6.02. The molecule has 0 fully saturated rings. The number of hydrogen-bond acceptors (Lipinski definition) is 2. The first-order chi connectivity index (χ1) is 7.90. The van der Waals surface area contributed by atoms with E-state index in [1.165, 1.54) is 0 Å². The minimum atomic E-state index is -1.65. The van der Waals surface area contributed by atoms with Gasteiger partial charge in [-0.2, -0.15) is 0 Å². The highest BCUT2D eigenvalue weighted by Gasteiger charge is 2.11. The average Bonchev–Trinajstić information content (AvgIpc) is 2.23. The highest BCUT2D eigenvalue weighted by Crippen LogP contribution is 2.17. The Hall–Kier alpha value is -2.31. The fourth-order valence-corrected chi connectivity index (χ4v) is 0.959. The second-order valence-corrected chi connectivity index (χ2v) is 2.91. The Bertz CT molecular complexity index is 477. The fraction of sp³-hybridized carbons (Fsp3) is 0. The van der Waals surface area contributed by atoms with E-state index >= 15 is 0 Å². The molecule has 1 aromatic carbocycles. The summed E-state index contributed by atoms with van der Waals surface area (Å²) < 4.78 is 38.0. The molecule has 0 atom stereocenters. The summed E-state index contributed by atoms with van der Waals surface area (Å²) >= 11 is 0. The molecule has 17 heavy (non-hydrogen) atoms. The molecule has 1 amide bonds. The van der Waals surface area contributed by atoms with Crippen molar-refractivity contribution in [3.05, 3.63) is 41.7 Å². The van der Waals surface area contributed by atoms with Crippen LogP contribution in [0.15, 0.2) is 24.3 Å². The van der Waals surface area contributed by atoms with Gasteiger partial charge in [0.05, 0.1) is 0 Å². The van der Waals surface area contributed by atoms with E-state index in [1.54, 1.807) is 0 Å². The number of anilines is 1. The van der Waals surface area contributed by atoms with Crippen LogP contribution >= 0.6 is 0 Å². The third-order valence-electron chi connectivity index (χ3n) is 1.63. The number of amides is 1. The topological polar surface area (TPSA) is 66.4 Å². The molecule has 0 saturated heterocycles. The molecule has 0 saturated carbocycles. The van der Waals surface area contributed by atoms with E-state index in [0.717, 1.165) is 0 Å². The van der Waals surface area contributed by atoms with Gasteiger partial charge in [-0.05, 0) is 0 Å². The van der Waals surface area contributed by atoms with Gasteiger partial charge in [0.1, 0.15) is 0 Å². The van der Waals surface area contributed by atoms with Gasteiger partial charge in [0.15, 0.2) is 17.5 Å². The van der Waals surface area contributed by atoms with Crippen LogP contribution in [0.5, 0.6) is 0 Å². The molecule has 0 spiro atoms. The Labute approximate surface area is 93.4 Å². The number of nitrogens with one attached hydrogen (secondary N) is 1. The second-order valence-electron chi connectivity index (χ2n) is 2.91. The predicted octanol–water partition coefficient (Wildman–Crippen LogP) is 1.68. The van der Waals surface area contributed by atoms with Crippen molar-refractivity contribution in [3.8, 4) is 0 Å². The van der Waals surface area contributed by atoms with Gasteiger partial charge in [-0.3, -0.25) is 4.79 Å². The van der Waals surface area contributed by atoms with E-state index in [0.29, 0.717) is 24.3 Å². The number of benzene rings is 1. The third kappa shape index (κ3) is 3.63. The van der Waals surface area contributed by atoms with Gasteiger partial charge in [0, 0.05) is 30.0 Å². The van der Waals surface area contributed by atoms with Crippen LogP contribution in [0.25, 0.3) is 0 Å². The SMILES string of the molecule is O=C(O)C=CC(=O)Nc1cc(F)c(F)c(F)c1. The summed E-state index contributed by atoms with van der Waals surface area (Å²) in [4.78, 5) is 21.1. The van der Waals surface area contributed by atoms with Gasteiger partial charge in [0.25, 0.3) is 0 Å². The summed E-state index contributed by atoms with van der Waals surface area (Å²) in [6.07, 6.45) is 1.20. The molecule has 7 heteroatoms. The number of carbonyl (C=O) groups excluding carboxylic acids is 1. The minimum absolute atomic E-state index is 0.318. The molecule has 0 bridgehead atoms. The van der Waals surface area contributed by atoms with E-state index in [4.69, 9.17) is 5.11 Å². The van der Waals surface area contributed by atoms with Crippen molar-refractivity contribution in [2.75, 3.05) is 5.32 Å². The number of rotatable bonds is 3. The molecule has 0 aliphatic rings. The number of carboxylic acid groups (broad SMARTS) is 1. The van der Waals surface area contributed by atoms with Crippen LogP contribution in [-0.2, 0) is 9.59 Å². The second kappa shape index (κ2) is 5.15. The summed E-state index contributed by atoms with van der Waals surface area (Å²) in [6, 6.07) is 1.15. The lowest BCUT2D eigenvalue weighted by Gasteiger charge is -2.03. The zero-order chi connectivity index (χ0) is 13.0. The summed E-state index contributed by atoms with van der Waals surface area (Å²) in [5, 5.41) is 10.2. The monoisotopic (exact) mass is 245 g/mol. The molecule has 1 aromatic rings. The summed E-state index contributed by atoms with van der Waals surface area (Å²) in [5.41, 5.74) is -0.318. The van der Waals surface area contributed by atoms with E-state index < -0.39 is 29.3 Å². The normalized spacial score (nSPS) is 10.5. The van der Waals surface area contributed by atoms with E-state index in [9.17, 15) is 22.8 Å². The molecular weight excluding hydrogens is 239 g/mol. The number of carbonyl (C=O) groups is 2. The van der Waals surface area contributed by atoms with Crippen molar-refractivity contribution in [3.63, 3.8) is 0 Å². The smallest absolute Gasteiger partial charge is 0.328 e. The van der Waals surface area contributed by atoms with Gasteiger partial charge < -0.3 is 10.4 Å². The lowest BCUT2D eigenvalue weighted by atomic mass is 10.3. The lowest BCUT2D eigenvalue weighted by Crippen LogP contribution is -2.09. The molecule has 0 aromatic heterocycles. The molecule has 0 aliphatic heterocycles. The largest absolute Gasteiger partial charge is 0.478 e. The maximum atomic E-state index is 12.7. The van der Waals surface area contributed by atoms with Gasteiger partial charge in [-0.15, -0.1) is 0 Å². The molecule has 90 valence electrons. The van der Waals surface area contributed by atoms with Crippen LogP contribution < -0.4 is 5.32 Å². The standard InChI is InChI=1S/C10H6F3NO3/c11-6-3-5(4-7(12)10(6)13)14-8(15)1-2-9(16)17/h1-4H,(H,14,15)(H,16,17). The number of hydrogen-bond donors (Lipinski definition) is 2. The Balaban J connectivity index is 2.82. The van der Waals surface area contributed by atoms with Crippen molar-refractivity contribution in [1.82, 2.24) is 0 Å². The number of carboxylic acids is 1. The van der Waals surface area contributed by atoms with Crippen molar-refractivity contribution in [2.45, 2.75) is 0 Å². The summed E-state index contributed by atoms with van der Waals surface area (Å²) in [5.74, 6) is -6.82. The van der Waals surface area contributed by atoms with E-state index in [2.05, 4.69) is 0 Å². The Kier molecular flexibility index (Phi) is 3.86. The first-order valence-corrected chi connectivity index (χ1v) is 4.26. The first kappa shape index (κ1) is 12.8. The molecule has 0 unspecified atom stereocenters. The van der Waals surface area contributed by atoms with Crippen LogP contribution in [-0.4, -0.2) is 17.0 Å². The summed E-state index contributed by atoms with van der Waals surface area (Å²) in [7, 11) is 0. The van der Waals surface area contributed by atoms with Crippen LogP contribution in [0.3, 0.4) is 0 Å².